The molecule has 3 nitrogen and oxygen atoms in total. The highest BCUT2D eigenvalue weighted by Crippen LogP contribution is 2.46. The molecule has 1 saturated carbocycles. The highest BCUT2D eigenvalue weighted by molar-refractivity contribution is 9.10. The summed E-state index contributed by atoms with van der Waals surface area (Å²) >= 11 is 3.41. The summed E-state index contributed by atoms with van der Waals surface area (Å²) in [5.41, 5.74) is 5.62. The molecule has 0 spiro atoms. The molecule has 80 valence electrons. The number of carbonyl (C=O) groups is 1. The van der Waals surface area contributed by atoms with E-state index in [1.807, 2.05) is 24.3 Å². The molecule has 0 atom stereocenters. The normalized spacial score (nSPS) is 29.6. The van der Waals surface area contributed by atoms with Crippen molar-refractivity contribution in [3.8, 4) is 0 Å². The Bertz CT molecular complexity index is 399. The van der Waals surface area contributed by atoms with Gasteiger partial charge in [0.05, 0.1) is 11.5 Å². The van der Waals surface area contributed by atoms with Crippen molar-refractivity contribution in [2.45, 2.75) is 24.4 Å². The zero-order chi connectivity index (χ0) is 11.1. The lowest BCUT2D eigenvalue weighted by Gasteiger charge is -2.43. The molecule has 0 aliphatic heterocycles. The van der Waals surface area contributed by atoms with Crippen LogP contribution in [0.1, 0.15) is 18.4 Å². The number of carbonyl (C=O) groups excluding carboxylic acids is 1. The van der Waals surface area contributed by atoms with E-state index in [4.69, 9.17) is 5.73 Å². The predicted molar refractivity (Wildman–Crippen MR) is 60.3 cm³/mol. The Labute approximate surface area is 96.4 Å². The van der Waals surface area contributed by atoms with Crippen LogP contribution in [0.25, 0.3) is 0 Å². The highest BCUT2D eigenvalue weighted by Gasteiger charge is 2.50. The van der Waals surface area contributed by atoms with Crippen molar-refractivity contribution in [3.05, 3.63) is 34.3 Å². The first-order valence-electron chi connectivity index (χ1n) is 4.79. The van der Waals surface area contributed by atoms with Gasteiger partial charge in [-0.3, -0.25) is 4.79 Å². The molecule has 1 aliphatic carbocycles. The van der Waals surface area contributed by atoms with Crippen molar-refractivity contribution in [2.75, 3.05) is 0 Å². The van der Waals surface area contributed by atoms with Crippen LogP contribution < -0.4 is 5.73 Å². The van der Waals surface area contributed by atoms with Crippen LogP contribution in [0.5, 0.6) is 0 Å². The smallest absolute Gasteiger partial charge is 0.228 e. The second kappa shape index (κ2) is 3.61. The number of hydrogen-bond donors (Lipinski definition) is 2. The molecular formula is C11H12BrNO2. The number of aliphatic hydroxyl groups excluding tert-OH is 1. The number of aliphatic hydroxyl groups is 1. The van der Waals surface area contributed by atoms with Gasteiger partial charge in [-0.1, -0.05) is 34.1 Å². The monoisotopic (exact) mass is 269 g/mol. The summed E-state index contributed by atoms with van der Waals surface area (Å²) in [6.07, 6.45) is 0.431. The van der Waals surface area contributed by atoms with Crippen LogP contribution >= 0.6 is 15.9 Å². The summed E-state index contributed by atoms with van der Waals surface area (Å²) in [4.78, 5) is 11.5. The fraction of sp³-hybridized carbons (Fsp3) is 0.364. The largest absolute Gasteiger partial charge is 0.393 e. The number of amides is 1. The molecule has 0 unspecified atom stereocenters. The molecule has 1 aromatic carbocycles. The van der Waals surface area contributed by atoms with Gasteiger partial charge in [0, 0.05) is 4.47 Å². The number of benzene rings is 1. The fourth-order valence-corrected chi connectivity index (χ4v) is 2.81. The van der Waals surface area contributed by atoms with Crippen LogP contribution in [0.2, 0.25) is 0 Å². The third-order valence-corrected chi connectivity index (χ3v) is 3.72. The van der Waals surface area contributed by atoms with E-state index in [1.54, 1.807) is 0 Å². The molecule has 1 aromatic rings. The molecule has 1 amide bonds. The third kappa shape index (κ3) is 1.58. The minimum Gasteiger partial charge on any atom is -0.393 e. The van der Waals surface area contributed by atoms with Crippen molar-refractivity contribution in [3.63, 3.8) is 0 Å². The van der Waals surface area contributed by atoms with Crippen molar-refractivity contribution >= 4 is 21.8 Å². The molecule has 0 bridgehead atoms. The summed E-state index contributed by atoms with van der Waals surface area (Å²) in [5.74, 6) is -0.361. The van der Waals surface area contributed by atoms with Crippen LogP contribution in [-0.2, 0) is 10.2 Å². The summed E-state index contributed by atoms with van der Waals surface area (Å²) < 4.78 is 0.871. The number of halogens is 1. The van der Waals surface area contributed by atoms with E-state index in [-0.39, 0.29) is 5.91 Å². The number of hydrogen-bond acceptors (Lipinski definition) is 2. The Morgan fingerprint density at radius 1 is 1.47 bits per heavy atom. The minimum absolute atomic E-state index is 0.361. The molecule has 3 N–H and O–H groups in total. The van der Waals surface area contributed by atoms with Gasteiger partial charge >= 0.3 is 0 Å². The lowest BCUT2D eigenvalue weighted by Crippen LogP contribution is -2.53. The average Bonchev–Trinajstić information content (AvgIpc) is 2.13. The molecule has 0 radical (unpaired) electrons. The van der Waals surface area contributed by atoms with Crippen molar-refractivity contribution in [2.24, 2.45) is 5.73 Å². The average molecular weight is 270 g/mol. The van der Waals surface area contributed by atoms with Crippen LogP contribution in [0, 0.1) is 0 Å². The van der Waals surface area contributed by atoms with Gasteiger partial charge in [-0.2, -0.15) is 0 Å². The number of nitrogens with two attached hydrogens (primary N) is 1. The van der Waals surface area contributed by atoms with E-state index >= 15 is 0 Å². The molecule has 0 heterocycles. The quantitative estimate of drug-likeness (QED) is 0.851. The second-order valence-electron chi connectivity index (χ2n) is 3.99. The predicted octanol–water partition coefficient (Wildman–Crippen LogP) is 1.33. The van der Waals surface area contributed by atoms with Crippen molar-refractivity contribution in [1.29, 1.82) is 0 Å². The standard InChI is InChI=1S/C11H12BrNO2/c12-9-4-2-1-3-8(9)11(10(13)15)5-7(14)6-11/h1-4,7,14H,5-6H2,(H2,13,15). The van der Waals surface area contributed by atoms with Gasteiger partial charge in [-0.05, 0) is 24.5 Å². The maximum atomic E-state index is 11.5. The van der Waals surface area contributed by atoms with E-state index in [2.05, 4.69) is 15.9 Å². The topological polar surface area (TPSA) is 63.3 Å². The van der Waals surface area contributed by atoms with E-state index in [1.165, 1.54) is 0 Å². The molecule has 1 fully saturated rings. The molecule has 4 heteroatoms. The van der Waals surface area contributed by atoms with E-state index < -0.39 is 11.5 Å². The summed E-state index contributed by atoms with van der Waals surface area (Å²) in [5, 5.41) is 9.36. The zero-order valence-corrected chi connectivity index (χ0v) is 9.70. The SMILES string of the molecule is NC(=O)C1(c2ccccc2Br)CC(O)C1. The highest BCUT2D eigenvalue weighted by atomic mass is 79.9. The first-order chi connectivity index (χ1) is 7.06. The van der Waals surface area contributed by atoms with Crippen LogP contribution in [0.3, 0.4) is 0 Å². The first kappa shape index (κ1) is 10.6. The molecule has 0 aromatic heterocycles. The second-order valence-corrected chi connectivity index (χ2v) is 4.84. The van der Waals surface area contributed by atoms with Gasteiger partial charge in [-0.15, -0.1) is 0 Å². The molecular weight excluding hydrogens is 258 g/mol. The molecule has 1 aliphatic rings. The van der Waals surface area contributed by atoms with E-state index in [0.29, 0.717) is 12.8 Å². The van der Waals surface area contributed by atoms with Gasteiger partial charge < -0.3 is 10.8 Å². The Morgan fingerprint density at radius 3 is 2.53 bits per heavy atom. The Hall–Kier alpha value is -0.870. The molecule has 15 heavy (non-hydrogen) atoms. The van der Waals surface area contributed by atoms with Gasteiger partial charge in [0.25, 0.3) is 0 Å². The van der Waals surface area contributed by atoms with Crippen LogP contribution in [0.4, 0.5) is 0 Å². The Balaban J connectivity index is 2.43. The maximum absolute atomic E-state index is 11.5. The van der Waals surface area contributed by atoms with Gasteiger partial charge in [0.1, 0.15) is 0 Å². The Morgan fingerprint density at radius 2 is 2.07 bits per heavy atom. The lowest BCUT2D eigenvalue weighted by molar-refractivity contribution is -0.131. The van der Waals surface area contributed by atoms with Crippen molar-refractivity contribution < 1.29 is 9.90 Å². The third-order valence-electron chi connectivity index (χ3n) is 3.03. The van der Waals surface area contributed by atoms with Gasteiger partial charge in [0.2, 0.25) is 5.91 Å². The van der Waals surface area contributed by atoms with Crippen LogP contribution in [-0.4, -0.2) is 17.1 Å². The molecule has 2 rings (SSSR count). The van der Waals surface area contributed by atoms with Crippen molar-refractivity contribution in [1.82, 2.24) is 0 Å². The number of primary amides is 1. The van der Waals surface area contributed by atoms with Gasteiger partial charge in [0.15, 0.2) is 0 Å². The molecule has 0 saturated heterocycles. The maximum Gasteiger partial charge on any atom is 0.228 e. The minimum atomic E-state index is -0.681. The summed E-state index contributed by atoms with van der Waals surface area (Å²) in [7, 11) is 0. The van der Waals surface area contributed by atoms with E-state index in [0.717, 1.165) is 10.0 Å². The summed E-state index contributed by atoms with van der Waals surface area (Å²) in [6.45, 7) is 0. The first-order valence-corrected chi connectivity index (χ1v) is 5.58. The summed E-state index contributed by atoms with van der Waals surface area (Å²) in [6, 6.07) is 7.51. The van der Waals surface area contributed by atoms with Gasteiger partial charge in [-0.25, -0.2) is 0 Å². The zero-order valence-electron chi connectivity index (χ0n) is 8.11. The lowest BCUT2D eigenvalue weighted by atomic mass is 9.62. The Kier molecular flexibility index (Phi) is 2.56. The van der Waals surface area contributed by atoms with E-state index in [9.17, 15) is 9.90 Å². The fourth-order valence-electron chi connectivity index (χ4n) is 2.15. The van der Waals surface area contributed by atoms with Crippen LogP contribution in [0.15, 0.2) is 28.7 Å². The number of rotatable bonds is 2.